The summed E-state index contributed by atoms with van der Waals surface area (Å²) < 4.78 is 5.66. The molecule has 0 spiro atoms. The van der Waals surface area contributed by atoms with Gasteiger partial charge in [-0.3, -0.25) is 0 Å². The van der Waals surface area contributed by atoms with Crippen molar-refractivity contribution in [2.75, 3.05) is 0 Å². The Hall–Kier alpha value is -2.36. The van der Waals surface area contributed by atoms with Crippen molar-refractivity contribution >= 4 is 5.57 Å². The van der Waals surface area contributed by atoms with Crippen LogP contribution in [0.25, 0.3) is 5.57 Å². The summed E-state index contributed by atoms with van der Waals surface area (Å²) in [7, 11) is 0. The number of aromatic nitrogens is 2. The van der Waals surface area contributed by atoms with E-state index >= 15 is 0 Å². The summed E-state index contributed by atoms with van der Waals surface area (Å²) in [5.74, 6) is 2.22. The average Bonchev–Trinajstić information content (AvgIpc) is 3.09. The van der Waals surface area contributed by atoms with E-state index in [0.29, 0.717) is 17.7 Å². The molecule has 26 heavy (non-hydrogen) atoms. The molecule has 138 valence electrons. The summed E-state index contributed by atoms with van der Waals surface area (Å²) in [6.45, 7) is 6.20. The van der Waals surface area contributed by atoms with Crippen molar-refractivity contribution in [2.24, 2.45) is 5.92 Å². The van der Waals surface area contributed by atoms with Gasteiger partial charge in [-0.2, -0.15) is 4.98 Å². The van der Waals surface area contributed by atoms with Crippen LogP contribution >= 0.6 is 0 Å². The normalized spacial score (nSPS) is 22.3. The quantitative estimate of drug-likeness (QED) is 0.743. The van der Waals surface area contributed by atoms with E-state index in [2.05, 4.69) is 41.7 Å². The Kier molecular flexibility index (Phi) is 6.26. The van der Waals surface area contributed by atoms with Crippen molar-refractivity contribution in [2.45, 2.75) is 58.8 Å². The Balaban J connectivity index is 1.99. The van der Waals surface area contributed by atoms with Crippen LogP contribution in [0.5, 0.6) is 0 Å². The molecule has 1 N–H and O–H groups in total. The van der Waals surface area contributed by atoms with E-state index in [1.165, 1.54) is 19.3 Å². The average molecular weight is 351 g/mol. The number of allylic oxidation sites excluding steroid dienone is 7. The molecule has 1 aromatic rings. The fourth-order valence-electron chi connectivity index (χ4n) is 3.59. The first-order chi connectivity index (χ1) is 12.7. The number of nitrogens with one attached hydrogen (secondary N) is 1. The molecule has 4 nitrogen and oxygen atoms in total. The zero-order chi connectivity index (χ0) is 18.4. The third-order valence-corrected chi connectivity index (χ3v) is 4.95. The Morgan fingerprint density at radius 1 is 1.15 bits per heavy atom. The number of nitrogens with zero attached hydrogens (tertiary/aromatic N) is 2. The fraction of sp³-hybridized carbons (Fsp3) is 0.455. The molecule has 0 aliphatic heterocycles. The maximum absolute atomic E-state index is 5.66. The van der Waals surface area contributed by atoms with Crippen molar-refractivity contribution in [1.29, 1.82) is 0 Å². The van der Waals surface area contributed by atoms with E-state index in [-0.39, 0.29) is 0 Å². The van der Waals surface area contributed by atoms with Crippen LogP contribution in [0, 0.1) is 5.92 Å². The minimum atomic E-state index is 0.324. The monoisotopic (exact) mass is 351 g/mol. The van der Waals surface area contributed by atoms with Gasteiger partial charge in [0.1, 0.15) is 0 Å². The second-order valence-corrected chi connectivity index (χ2v) is 7.06. The van der Waals surface area contributed by atoms with Gasteiger partial charge in [0.05, 0.1) is 0 Å². The molecule has 2 aliphatic carbocycles. The van der Waals surface area contributed by atoms with Gasteiger partial charge in [0.15, 0.2) is 0 Å². The van der Waals surface area contributed by atoms with Crippen LogP contribution in [-0.2, 0) is 0 Å². The molecule has 1 heterocycles. The highest BCUT2D eigenvalue weighted by atomic mass is 16.5. The molecule has 0 radical (unpaired) electrons. The van der Waals surface area contributed by atoms with Crippen molar-refractivity contribution in [1.82, 2.24) is 15.5 Å². The van der Waals surface area contributed by atoms with Gasteiger partial charge in [-0.15, -0.1) is 0 Å². The van der Waals surface area contributed by atoms with E-state index < -0.39 is 0 Å². The van der Waals surface area contributed by atoms with E-state index in [9.17, 15) is 0 Å². The molecule has 0 saturated heterocycles. The molecule has 1 saturated carbocycles. The lowest BCUT2D eigenvalue weighted by atomic mass is 9.89. The maximum Gasteiger partial charge on any atom is 0.230 e. The predicted octanol–water partition coefficient (Wildman–Crippen LogP) is 5.66. The molecule has 2 aliphatic rings. The standard InChI is InChI=1S/C22H29N3O/c1-4-9-18-19(13-12-16(3)15-20(18)23-14-5-2)21-24-22(26-25-21)17-10-7-6-8-11-17/h4-5,9,12-17,23H,6-8,10-11H2,1-3H3/b9-4-,14-5+. The Morgan fingerprint density at radius 2 is 1.96 bits per heavy atom. The molecule has 1 fully saturated rings. The second-order valence-electron chi connectivity index (χ2n) is 7.06. The zero-order valence-corrected chi connectivity index (χ0v) is 16.0. The highest BCUT2D eigenvalue weighted by Gasteiger charge is 2.23. The first-order valence-corrected chi connectivity index (χ1v) is 9.72. The molecule has 0 amide bonds. The first kappa shape index (κ1) is 18.4. The summed E-state index contributed by atoms with van der Waals surface area (Å²) in [6.07, 6.45) is 20.8. The largest absolute Gasteiger partial charge is 0.362 e. The topological polar surface area (TPSA) is 51.0 Å². The van der Waals surface area contributed by atoms with Gasteiger partial charge in [0, 0.05) is 22.8 Å². The van der Waals surface area contributed by atoms with E-state index in [1.54, 1.807) is 0 Å². The van der Waals surface area contributed by atoms with Crippen LogP contribution in [-0.4, -0.2) is 10.1 Å². The summed E-state index contributed by atoms with van der Waals surface area (Å²) in [5.41, 5.74) is 3.15. The predicted molar refractivity (Wildman–Crippen MR) is 106 cm³/mol. The summed E-state index contributed by atoms with van der Waals surface area (Å²) in [4.78, 5) is 4.78. The lowest BCUT2D eigenvalue weighted by molar-refractivity contribution is 0.313. The van der Waals surface area contributed by atoms with Crippen LogP contribution in [0.1, 0.15) is 70.5 Å². The highest BCUT2D eigenvalue weighted by molar-refractivity contribution is 5.79. The number of rotatable bonds is 5. The molecule has 0 bridgehead atoms. The lowest BCUT2D eigenvalue weighted by Gasteiger charge is -2.17. The van der Waals surface area contributed by atoms with Gasteiger partial charge in [-0.05, 0) is 38.8 Å². The number of hydrogen-bond donors (Lipinski definition) is 1. The fourth-order valence-corrected chi connectivity index (χ4v) is 3.59. The third-order valence-electron chi connectivity index (χ3n) is 4.95. The molecule has 1 unspecified atom stereocenters. The van der Waals surface area contributed by atoms with Gasteiger partial charge >= 0.3 is 0 Å². The molecule has 1 atom stereocenters. The smallest absolute Gasteiger partial charge is 0.230 e. The minimum Gasteiger partial charge on any atom is -0.362 e. The van der Waals surface area contributed by atoms with Gasteiger partial charge in [0.25, 0.3) is 0 Å². The third kappa shape index (κ3) is 4.24. The summed E-state index contributed by atoms with van der Waals surface area (Å²) >= 11 is 0. The van der Waals surface area contributed by atoms with Crippen LogP contribution in [0.4, 0.5) is 0 Å². The Bertz CT molecular complexity index is 758. The van der Waals surface area contributed by atoms with Crippen molar-refractivity contribution in [3.8, 4) is 0 Å². The molecule has 4 heteroatoms. The van der Waals surface area contributed by atoms with Crippen molar-refractivity contribution in [3.63, 3.8) is 0 Å². The zero-order valence-electron chi connectivity index (χ0n) is 16.0. The van der Waals surface area contributed by atoms with E-state index in [1.807, 2.05) is 32.2 Å². The molecular formula is C22H29N3O. The molecule has 3 rings (SSSR count). The molecular weight excluding hydrogens is 322 g/mol. The molecule has 0 aromatic carbocycles. The van der Waals surface area contributed by atoms with Gasteiger partial charge in [-0.1, -0.05) is 67.8 Å². The van der Waals surface area contributed by atoms with Crippen LogP contribution in [0.3, 0.4) is 0 Å². The van der Waals surface area contributed by atoms with Crippen LogP contribution < -0.4 is 5.32 Å². The molecule has 1 aromatic heterocycles. The number of hydrogen-bond acceptors (Lipinski definition) is 4. The van der Waals surface area contributed by atoms with Gasteiger partial charge in [-0.25, -0.2) is 0 Å². The SMILES string of the molecule is C/C=C\C1=C(c2noc(C3CCCCC3)n2)C=CC(C)C=C1N/C=C/C. The van der Waals surface area contributed by atoms with Gasteiger partial charge < -0.3 is 9.84 Å². The second kappa shape index (κ2) is 8.84. The summed E-state index contributed by atoms with van der Waals surface area (Å²) in [6, 6.07) is 0. The summed E-state index contributed by atoms with van der Waals surface area (Å²) in [5, 5.41) is 7.72. The minimum absolute atomic E-state index is 0.324. The Labute approximate surface area is 156 Å². The highest BCUT2D eigenvalue weighted by Crippen LogP contribution is 2.33. The van der Waals surface area contributed by atoms with E-state index in [4.69, 9.17) is 9.51 Å². The van der Waals surface area contributed by atoms with Gasteiger partial charge in [0.2, 0.25) is 11.7 Å². The van der Waals surface area contributed by atoms with Crippen LogP contribution in [0.2, 0.25) is 0 Å². The maximum atomic E-state index is 5.66. The van der Waals surface area contributed by atoms with E-state index in [0.717, 1.165) is 35.6 Å². The first-order valence-electron chi connectivity index (χ1n) is 9.72. The van der Waals surface area contributed by atoms with Crippen LogP contribution in [0.15, 0.2) is 58.4 Å². The lowest BCUT2D eigenvalue weighted by Crippen LogP contribution is -2.09. The van der Waals surface area contributed by atoms with Crippen molar-refractivity contribution < 1.29 is 4.52 Å². The van der Waals surface area contributed by atoms with Crippen molar-refractivity contribution in [3.05, 3.63) is 65.6 Å². The Morgan fingerprint density at radius 3 is 2.69 bits per heavy atom.